The van der Waals surface area contributed by atoms with E-state index < -0.39 is 16.4 Å². The smallest absolute Gasteiger partial charge is 0.232 e. The van der Waals surface area contributed by atoms with Crippen LogP contribution in [0.2, 0.25) is 0 Å². The van der Waals surface area contributed by atoms with Crippen molar-refractivity contribution in [2.75, 3.05) is 0 Å². The van der Waals surface area contributed by atoms with Crippen molar-refractivity contribution in [3.8, 4) is 5.69 Å². The van der Waals surface area contributed by atoms with Crippen molar-refractivity contribution in [3.05, 3.63) is 47.3 Å². The Bertz CT molecular complexity index is 933. The number of para-hydroxylation sites is 1. The van der Waals surface area contributed by atoms with Crippen molar-refractivity contribution in [2.45, 2.75) is 43.9 Å². The number of alkyl halides is 2. The number of halogens is 2. The van der Waals surface area contributed by atoms with Crippen LogP contribution in [0.15, 0.2) is 40.8 Å². The Labute approximate surface area is 145 Å². The lowest BCUT2D eigenvalue weighted by Crippen LogP contribution is -2.16. The third-order valence-electron chi connectivity index (χ3n) is 4.40. The molecule has 8 heteroatoms. The van der Waals surface area contributed by atoms with Gasteiger partial charge in [-0.3, -0.25) is 0 Å². The lowest BCUT2D eigenvalue weighted by Gasteiger charge is -2.19. The fraction of sp³-hybridized carbons (Fsp3) is 0.353. The second kappa shape index (κ2) is 6.68. The van der Waals surface area contributed by atoms with Gasteiger partial charge in [0.05, 0.1) is 11.4 Å². The molecule has 1 aliphatic rings. The summed E-state index contributed by atoms with van der Waals surface area (Å²) in [5.41, 5.74) is 2.35. The van der Waals surface area contributed by atoms with Gasteiger partial charge in [0, 0.05) is 0 Å². The van der Waals surface area contributed by atoms with Crippen LogP contribution in [0.1, 0.15) is 50.4 Å². The van der Waals surface area contributed by atoms with Crippen molar-refractivity contribution >= 4 is 15.6 Å². The predicted octanol–water partition coefficient (Wildman–Crippen LogP) is 3.80. The number of rotatable bonds is 4. The van der Waals surface area contributed by atoms with Crippen LogP contribution in [0.3, 0.4) is 0 Å². The van der Waals surface area contributed by atoms with Gasteiger partial charge in [-0.2, -0.15) is 5.10 Å². The van der Waals surface area contributed by atoms with Crippen LogP contribution < -0.4 is 5.14 Å². The standard InChI is InChI=1S/C17H19F2N3O2S/c1-11-6-2-3-7-12(11)15-10-13(17(18)19)21-22(15)14-8-4-5-9-16(14)25(20,23)24/h4-5,8-10,17H,2-3,6-7H2,1H3,(H2,20,23,24). The highest BCUT2D eigenvalue weighted by Crippen LogP contribution is 2.35. The highest BCUT2D eigenvalue weighted by Gasteiger charge is 2.24. The maximum absolute atomic E-state index is 13.2. The van der Waals surface area contributed by atoms with E-state index >= 15 is 0 Å². The lowest BCUT2D eigenvalue weighted by molar-refractivity contribution is 0.145. The summed E-state index contributed by atoms with van der Waals surface area (Å²) in [4.78, 5) is -0.144. The normalized spacial score (nSPS) is 15.9. The first-order valence-corrected chi connectivity index (χ1v) is 9.53. The summed E-state index contributed by atoms with van der Waals surface area (Å²) < 4.78 is 51.6. The van der Waals surface area contributed by atoms with Gasteiger partial charge in [-0.15, -0.1) is 0 Å². The molecule has 0 saturated heterocycles. The summed E-state index contributed by atoms with van der Waals surface area (Å²) in [6.45, 7) is 1.97. The highest BCUT2D eigenvalue weighted by molar-refractivity contribution is 7.89. The molecule has 0 amide bonds. The summed E-state index contributed by atoms with van der Waals surface area (Å²) in [5.74, 6) is 0. The van der Waals surface area contributed by atoms with Crippen molar-refractivity contribution < 1.29 is 17.2 Å². The average molecular weight is 367 g/mol. The maximum atomic E-state index is 13.2. The minimum atomic E-state index is -4.02. The molecule has 1 aromatic carbocycles. The van der Waals surface area contributed by atoms with E-state index in [2.05, 4.69) is 5.10 Å². The van der Waals surface area contributed by atoms with Gasteiger partial charge in [-0.05, 0) is 56.4 Å². The molecule has 3 rings (SSSR count). The third-order valence-corrected chi connectivity index (χ3v) is 5.36. The van der Waals surface area contributed by atoms with Gasteiger partial charge >= 0.3 is 0 Å². The average Bonchev–Trinajstić information content (AvgIpc) is 3.00. The van der Waals surface area contributed by atoms with Crippen molar-refractivity contribution in [1.29, 1.82) is 0 Å². The van der Waals surface area contributed by atoms with Gasteiger partial charge in [0.2, 0.25) is 10.0 Å². The molecular formula is C17H19F2N3O2S. The van der Waals surface area contributed by atoms with Gasteiger partial charge in [-0.1, -0.05) is 17.7 Å². The number of allylic oxidation sites excluding steroid dienone is 2. The van der Waals surface area contributed by atoms with Crippen LogP contribution in [0.25, 0.3) is 11.3 Å². The minimum Gasteiger partial charge on any atom is -0.232 e. The molecule has 0 bridgehead atoms. The fourth-order valence-electron chi connectivity index (χ4n) is 3.18. The maximum Gasteiger partial charge on any atom is 0.282 e. The topological polar surface area (TPSA) is 78.0 Å². The molecule has 0 atom stereocenters. The van der Waals surface area contributed by atoms with Gasteiger partial charge < -0.3 is 0 Å². The summed E-state index contributed by atoms with van der Waals surface area (Å²) >= 11 is 0. The summed E-state index contributed by atoms with van der Waals surface area (Å²) in [5, 5.41) is 9.26. The quantitative estimate of drug-likeness (QED) is 0.893. The SMILES string of the molecule is CC1=C(c2cc(C(F)F)nn2-c2ccccc2S(N)(=O)=O)CCCC1. The first-order valence-electron chi connectivity index (χ1n) is 7.98. The highest BCUT2D eigenvalue weighted by atomic mass is 32.2. The largest absolute Gasteiger partial charge is 0.282 e. The Hall–Kier alpha value is -2.06. The number of benzene rings is 1. The van der Waals surface area contributed by atoms with Crippen LogP contribution in [0, 0.1) is 0 Å². The zero-order valence-corrected chi connectivity index (χ0v) is 14.6. The van der Waals surface area contributed by atoms with Crippen molar-refractivity contribution in [3.63, 3.8) is 0 Å². The molecule has 0 unspecified atom stereocenters. The molecule has 0 fully saturated rings. The number of hydrogen-bond donors (Lipinski definition) is 1. The van der Waals surface area contributed by atoms with Crippen LogP contribution in [-0.2, 0) is 10.0 Å². The minimum absolute atomic E-state index is 0.144. The van der Waals surface area contributed by atoms with E-state index in [1.807, 2.05) is 6.92 Å². The number of hydrogen-bond acceptors (Lipinski definition) is 3. The molecule has 2 aromatic rings. The van der Waals surface area contributed by atoms with Crippen molar-refractivity contribution in [1.82, 2.24) is 9.78 Å². The molecule has 25 heavy (non-hydrogen) atoms. The number of nitrogens with two attached hydrogens (primary N) is 1. The first-order chi connectivity index (χ1) is 11.8. The van der Waals surface area contributed by atoms with Gasteiger partial charge in [-0.25, -0.2) is 27.0 Å². The van der Waals surface area contributed by atoms with E-state index in [1.165, 1.54) is 28.9 Å². The number of nitrogens with zero attached hydrogens (tertiary/aromatic N) is 2. The molecule has 134 valence electrons. The molecule has 0 saturated carbocycles. The molecule has 0 aliphatic heterocycles. The van der Waals surface area contributed by atoms with E-state index in [0.717, 1.165) is 36.8 Å². The Morgan fingerprint density at radius 1 is 1.20 bits per heavy atom. The first kappa shape index (κ1) is 17.8. The second-order valence-electron chi connectivity index (χ2n) is 6.15. The molecule has 0 spiro atoms. The number of primary sulfonamides is 1. The summed E-state index contributed by atoms with van der Waals surface area (Å²) in [6.07, 6.45) is 0.905. The Balaban J connectivity index is 2.27. The van der Waals surface area contributed by atoms with Gasteiger partial charge in [0.25, 0.3) is 6.43 Å². The predicted molar refractivity (Wildman–Crippen MR) is 91.0 cm³/mol. The summed E-state index contributed by atoms with van der Waals surface area (Å²) in [6, 6.07) is 7.37. The van der Waals surface area contributed by atoms with E-state index in [-0.39, 0.29) is 16.3 Å². The van der Waals surface area contributed by atoms with Gasteiger partial charge in [0.1, 0.15) is 10.6 Å². The van der Waals surface area contributed by atoms with Crippen LogP contribution in [-0.4, -0.2) is 18.2 Å². The second-order valence-corrected chi connectivity index (χ2v) is 7.68. The molecule has 2 N–H and O–H groups in total. The van der Waals surface area contributed by atoms with Crippen LogP contribution in [0.5, 0.6) is 0 Å². The summed E-state index contributed by atoms with van der Waals surface area (Å²) in [7, 11) is -4.02. The molecule has 5 nitrogen and oxygen atoms in total. The molecule has 1 aliphatic carbocycles. The molecular weight excluding hydrogens is 348 g/mol. The Morgan fingerprint density at radius 2 is 1.88 bits per heavy atom. The Kier molecular flexibility index (Phi) is 4.75. The zero-order chi connectivity index (χ0) is 18.2. The fourth-order valence-corrected chi connectivity index (χ4v) is 3.89. The zero-order valence-electron chi connectivity index (χ0n) is 13.7. The van der Waals surface area contributed by atoms with Crippen LogP contribution in [0.4, 0.5) is 8.78 Å². The van der Waals surface area contributed by atoms with E-state index in [4.69, 9.17) is 5.14 Å². The van der Waals surface area contributed by atoms with E-state index in [1.54, 1.807) is 6.07 Å². The number of sulfonamides is 1. The van der Waals surface area contributed by atoms with E-state index in [0.29, 0.717) is 5.69 Å². The van der Waals surface area contributed by atoms with E-state index in [9.17, 15) is 17.2 Å². The molecule has 0 radical (unpaired) electrons. The molecule has 1 aromatic heterocycles. The molecule has 1 heterocycles. The Morgan fingerprint density at radius 3 is 2.52 bits per heavy atom. The lowest BCUT2D eigenvalue weighted by atomic mass is 9.90. The third kappa shape index (κ3) is 3.50. The van der Waals surface area contributed by atoms with Crippen LogP contribution >= 0.6 is 0 Å². The monoisotopic (exact) mass is 367 g/mol. The van der Waals surface area contributed by atoms with Gasteiger partial charge in [0.15, 0.2) is 0 Å². The van der Waals surface area contributed by atoms with Crippen molar-refractivity contribution in [2.24, 2.45) is 5.14 Å². The number of aromatic nitrogens is 2.